The number of hydrogen-bond donors (Lipinski definition) is 2. The third kappa shape index (κ3) is 6.57. The number of hydrogen-bond acceptors (Lipinski definition) is 6. The number of likely N-dealkylation sites (tertiary alicyclic amines) is 1. The third-order valence-electron chi connectivity index (χ3n) is 7.24. The maximum absolute atomic E-state index is 13.2. The van der Waals surface area contributed by atoms with Crippen LogP contribution in [0.15, 0.2) is 54.7 Å². The molecule has 2 N–H and O–H groups in total. The van der Waals surface area contributed by atoms with Gasteiger partial charge in [-0.3, -0.25) is 4.79 Å². The number of pyridine rings is 1. The summed E-state index contributed by atoms with van der Waals surface area (Å²) >= 11 is 6.15. The number of amides is 1. The Morgan fingerprint density at radius 1 is 1.07 bits per heavy atom. The van der Waals surface area contributed by atoms with Crippen molar-refractivity contribution >= 4 is 46.0 Å². The van der Waals surface area contributed by atoms with Crippen molar-refractivity contribution in [2.75, 3.05) is 23.7 Å². The summed E-state index contributed by atoms with van der Waals surface area (Å²) in [6, 6.07) is 12.2. The molecular weight excluding hydrogens is 557 g/mol. The van der Waals surface area contributed by atoms with Crippen LogP contribution < -0.4 is 15.4 Å². The maximum Gasteiger partial charge on any atom is 0.416 e. The van der Waals surface area contributed by atoms with Gasteiger partial charge in [-0.05, 0) is 76.2 Å². The van der Waals surface area contributed by atoms with Crippen molar-refractivity contribution in [1.29, 1.82) is 0 Å². The average molecular weight is 587 g/mol. The monoisotopic (exact) mass is 586 g/mol. The molecule has 2 aromatic heterocycles. The molecule has 5 rings (SSSR count). The quantitative estimate of drug-likeness (QED) is 0.238. The highest BCUT2D eigenvalue weighted by atomic mass is 35.5. The predicted octanol–water partition coefficient (Wildman–Crippen LogP) is 7.24. The van der Waals surface area contributed by atoms with Crippen LogP contribution in [-0.4, -0.2) is 44.5 Å². The van der Waals surface area contributed by atoms with Crippen molar-refractivity contribution in [2.24, 2.45) is 13.0 Å². The largest absolute Gasteiger partial charge is 0.457 e. The lowest BCUT2D eigenvalue weighted by Crippen LogP contribution is -2.41. The lowest BCUT2D eigenvalue weighted by Gasteiger charge is -2.33. The molecule has 0 bridgehead atoms. The zero-order chi connectivity index (χ0) is 29.3. The molecule has 3 heterocycles. The molecule has 1 aliphatic rings. The summed E-state index contributed by atoms with van der Waals surface area (Å²) < 4.78 is 47.3. The number of aryl methyl sites for hydroxylation is 1. The zero-order valence-corrected chi connectivity index (χ0v) is 23.6. The van der Waals surface area contributed by atoms with Crippen molar-refractivity contribution in [2.45, 2.75) is 38.9 Å². The van der Waals surface area contributed by atoms with Crippen molar-refractivity contribution in [3.63, 3.8) is 0 Å². The summed E-state index contributed by atoms with van der Waals surface area (Å²) in [4.78, 5) is 24.0. The lowest BCUT2D eigenvalue weighted by molar-refractivity contribution is -0.137. The molecule has 8 nitrogen and oxygen atoms in total. The van der Waals surface area contributed by atoms with Gasteiger partial charge < -0.3 is 24.8 Å². The van der Waals surface area contributed by atoms with Crippen LogP contribution in [0.5, 0.6) is 11.5 Å². The minimum absolute atomic E-state index is 0.0473. The van der Waals surface area contributed by atoms with Gasteiger partial charge in [-0.2, -0.15) is 13.2 Å². The van der Waals surface area contributed by atoms with E-state index in [1.165, 1.54) is 6.07 Å². The van der Waals surface area contributed by atoms with Gasteiger partial charge in [0, 0.05) is 37.3 Å². The van der Waals surface area contributed by atoms with Crippen molar-refractivity contribution < 1.29 is 22.7 Å². The molecule has 0 atom stereocenters. The second kappa shape index (κ2) is 11.6. The van der Waals surface area contributed by atoms with Gasteiger partial charge in [0.25, 0.3) is 0 Å². The minimum Gasteiger partial charge on any atom is -0.457 e. The number of halogens is 4. The first kappa shape index (κ1) is 28.7. The highest BCUT2D eigenvalue weighted by Crippen LogP contribution is 2.36. The van der Waals surface area contributed by atoms with E-state index in [2.05, 4.69) is 39.3 Å². The van der Waals surface area contributed by atoms with Gasteiger partial charge in [0.15, 0.2) is 0 Å². The summed E-state index contributed by atoms with van der Waals surface area (Å²) in [5.41, 5.74) is 0.566. The van der Waals surface area contributed by atoms with Crippen LogP contribution >= 0.6 is 11.6 Å². The van der Waals surface area contributed by atoms with Gasteiger partial charge in [0.1, 0.15) is 17.3 Å². The van der Waals surface area contributed by atoms with Crippen LogP contribution in [0.1, 0.15) is 32.3 Å². The summed E-state index contributed by atoms with van der Waals surface area (Å²) in [6.45, 7) is 6.11. The van der Waals surface area contributed by atoms with Gasteiger partial charge >= 0.3 is 6.18 Å². The minimum atomic E-state index is -4.50. The molecule has 12 heteroatoms. The molecule has 216 valence electrons. The number of rotatable bonds is 7. The van der Waals surface area contributed by atoms with Crippen LogP contribution in [0, 0.1) is 5.92 Å². The van der Waals surface area contributed by atoms with Crippen molar-refractivity contribution in [3.05, 3.63) is 65.3 Å². The summed E-state index contributed by atoms with van der Waals surface area (Å²) in [5, 5.41) is 5.94. The number of nitrogens with zero attached hydrogens (tertiary/aromatic N) is 4. The van der Waals surface area contributed by atoms with Crippen LogP contribution in [-0.2, 0) is 18.0 Å². The molecule has 0 unspecified atom stereocenters. The van der Waals surface area contributed by atoms with E-state index in [9.17, 15) is 18.0 Å². The molecule has 4 aromatic rings. The number of ether oxygens (including phenoxy) is 1. The second-order valence-electron chi connectivity index (χ2n) is 10.3. The molecule has 1 fully saturated rings. The standard InChI is InChI=1S/C29H30ClF3N6O2/c1-17(2)39-12-9-18(10-13-39)27(40)37-26-16-21(8-11-34-26)41-20-5-7-25-24(15-20)36-28(38(25)3)35-23-14-19(29(31,32)33)4-6-22(23)30/h4-8,11,14-18H,9-10,12-13H2,1-3H3,(H,35,36)(H,34,37,40). The Morgan fingerprint density at radius 3 is 2.51 bits per heavy atom. The Kier molecular flexibility index (Phi) is 8.10. The first-order valence-corrected chi connectivity index (χ1v) is 13.6. The Balaban J connectivity index is 1.28. The third-order valence-corrected chi connectivity index (χ3v) is 7.57. The zero-order valence-electron chi connectivity index (χ0n) is 22.8. The average Bonchev–Trinajstić information content (AvgIpc) is 3.23. The predicted molar refractivity (Wildman–Crippen MR) is 153 cm³/mol. The summed E-state index contributed by atoms with van der Waals surface area (Å²) in [5.74, 6) is 1.58. The SMILES string of the molecule is CC(C)N1CCC(C(=O)Nc2cc(Oc3ccc4c(c3)nc(Nc3cc(C(F)(F)F)ccc3Cl)n4C)ccn2)CC1. The van der Waals surface area contributed by atoms with Crippen LogP contribution in [0.25, 0.3) is 11.0 Å². The number of imidazole rings is 1. The van der Waals surface area contributed by atoms with Crippen LogP contribution in [0.3, 0.4) is 0 Å². The number of carbonyl (C=O) groups excluding carboxylic acids is 1. The number of benzene rings is 2. The van der Waals surface area contributed by atoms with Gasteiger partial charge in [-0.1, -0.05) is 11.6 Å². The van der Waals surface area contributed by atoms with Crippen LogP contribution in [0.2, 0.25) is 5.02 Å². The topological polar surface area (TPSA) is 84.3 Å². The first-order valence-electron chi connectivity index (χ1n) is 13.3. The molecule has 1 aliphatic heterocycles. The summed E-state index contributed by atoms with van der Waals surface area (Å²) in [7, 11) is 1.74. The molecule has 0 spiro atoms. The molecular formula is C29H30ClF3N6O2. The maximum atomic E-state index is 13.2. The molecule has 1 saturated heterocycles. The molecule has 0 aliphatic carbocycles. The number of carbonyl (C=O) groups is 1. The smallest absolute Gasteiger partial charge is 0.416 e. The number of alkyl halides is 3. The van der Waals surface area contributed by atoms with E-state index in [1.807, 2.05) is 0 Å². The van der Waals surface area contributed by atoms with E-state index in [-0.39, 0.29) is 22.5 Å². The number of piperidine rings is 1. The lowest BCUT2D eigenvalue weighted by atomic mass is 9.95. The highest BCUT2D eigenvalue weighted by molar-refractivity contribution is 6.33. The van der Waals surface area contributed by atoms with E-state index < -0.39 is 11.7 Å². The summed E-state index contributed by atoms with van der Waals surface area (Å²) in [6.07, 6.45) is -1.32. The van der Waals surface area contributed by atoms with Gasteiger partial charge in [-0.25, -0.2) is 9.97 Å². The van der Waals surface area contributed by atoms with Crippen molar-refractivity contribution in [3.8, 4) is 11.5 Å². The number of anilines is 3. The van der Waals surface area contributed by atoms with Gasteiger partial charge in [0.05, 0.1) is 27.3 Å². The van der Waals surface area contributed by atoms with E-state index >= 15 is 0 Å². The van der Waals surface area contributed by atoms with Crippen molar-refractivity contribution in [1.82, 2.24) is 19.4 Å². The fourth-order valence-corrected chi connectivity index (χ4v) is 5.02. The Labute approximate surface area is 240 Å². The van der Waals surface area contributed by atoms with E-state index in [1.54, 1.807) is 48.1 Å². The molecule has 1 amide bonds. The molecule has 0 saturated carbocycles. The fourth-order valence-electron chi connectivity index (χ4n) is 4.86. The van der Waals surface area contributed by atoms with E-state index in [4.69, 9.17) is 16.3 Å². The Bertz CT molecular complexity index is 1560. The molecule has 0 radical (unpaired) electrons. The van der Waals surface area contributed by atoms with Crippen LogP contribution in [0.4, 0.5) is 30.6 Å². The number of nitrogens with one attached hydrogen (secondary N) is 2. The normalized spacial score (nSPS) is 14.9. The number of aromatic nitrogens is 3. The fraction of sp³-hybridized carbons (Fsp3) is 0.345. The molecule has 2 aromatic carbocycles. The second-order valence-corrected chi connectivity index (χ2v) is 10.7. The van der Waals surface area contributed by atoms with Gasteiger partial charge in [-0.15, -0.1) is 0 Å². The Hall–Kier alpha value is -3.83. The Morgan fingerprint density at radius 2 is 1.80 bits per heavy atom. The first-order chi connectivity index (χ1) is 19.5. The number of fused-ring (bicyclic) bond motifs is 1. The van der Waals surface area contributed by atoms with E-state index in [0.717, 1.165) is 43.6 Å². The van der Waals surface area contributed by atoms with Gasteiger partial charge in [0.2, 0.25) is 11.9 Å². The highest BCUT2D eigenvalue weighted by Gasteiger charge is 2.31. The van der Waals surface area contributed by atoms with E-state index in [0.29, 0.717) is 34.8 Å². The molecule has 41 heavy (non-hydrogen) atoms.